The number of nitrogens with zero attached hydrogens (tertiary/aromatic N) is 4. The third-order valence-electron chi connectivity index (χ3n) is 6.43. The second-order valence-electron chi connectivity index (χ2n) is 8.72. The van der Waals surface area contributed by atoms with Crippen LogP contribution in [0, 0.1) is 0 Å². The van der Waals surface area contributed by atoms with Gasteiger partial charge in [-0.25, -0.2) is 9.97 Å². The highest BCUT2D eigenvalue weighted by Gasteiger charge is 2.34. The highest BCUT2D eigenvalue weighted by molar-refractivity contribution is 6.45. The molecular formula is C26H26Cl2N4O3. The molecule has 7 nitrogen and oxygen atoms in total. The van der Waals surface area contributed by atoms with Gasteiger partial charge in [-0.3, -0.25) is 0 Å². The van der Waals surface area contributed by atoms with Gasteiger partial charge in [0.1, 0.15) is 5.82 Å². The summed E-state index contributed by atoms with van der Waals surface area (Å²) in [6.07, 6.45) is 5.05. The van der Waals surface area contributed by atoms with Crippen molar-refractivity contribution in [3.63, 3.8) is 0 Å². The van der Waals surface area contributed by atoms with Crippen molar-refractivity contribution in [1.82, 2.24) is 14.5 Å². The Bertz CT molecular complexity index is 1290. The van der Waals surface area contributed by atoms with Crippen LogP contribution in [0.15, 0.2) is 67.3 Å². The first kappa shape index (κ1) is 24.0. The number of benzene rings is 2. The summed E-state index contributed by atoms with van der Waals surface area (Å²) in [5, 5.41) is 20.1. The fraction of sp³-hybridized carbons (Fsp3) is 0.308. The summed E-state index contributed by atoms with van der Waals surface area (Å²) in [4.78, 5) is 11.4. The summed E-state index contributed by atoms with van der Waals surface area (Å²) in [5.74, 6) is 1.08. The van der Waals surface area contributed by atoms with Gasteiger partial charge in [0.15, 0.2) is 6.29 Å². The minimum Gasteiger partial charge on any atom is -0.379 e. The van der Waals surface area contributed by atoms with Gasteiger partial charge in [0, 0.05) is 42.7 Å². The predicted octanol–water partition coefficient (Wildman–Crippen LogP) is 4.81. The third-order valence-corrected chi connectivity index (χ3v) is 7.22. The van der Waals surface area contributed by atoms with Crippen LogP contribution < -0.4 is 4.90 Å². The Morgan fingerprint density at radius 3 is 2.69 bits per heavy atom. The Labute approximate surface area is 213 Å². The zero-order valence-corrected chi connectivity index (χ0v) is 20.5. The molecule has 2 N–H and O–H groups in total. The highest BCUT2D eigenvalue weighted by atomic mass is 35.5. The fourth-order valence-electron chi connectivity index (χ4n) is 4.70. The van der Waals surface area contributed by atoms with Crippen molar-refractivity contribution in [3.05, 3.63) is 82.9 Å². The second kappa shape index (κ2) is 10.5. The van der Waals surface area contributed by atoms with Crippen molar-refractivity contribution in [2.24, 2.45) is 0 Å². The molecule has 2 atom stereocenters. The molecule has 0 spiro atoms. The van der Waals surface area contributed by atoms with Crippen LogP contribution in [-0.4, -0.2) is 56.8 Å². The lowest BCUT2D eigenvalue weighted by molar-refractivity contribution is -0.0616. The average Bonchev–Trinajstić information content (AvgIpc) is 3.55. The standard InChI is InChI=1S/C26H26Cl2N4O3/c27-21-7-6-20-22(31-10-9-29-16-31)13-23(30-26(20)25(21)28)32-14-18(17-4-2-1-3-5-17)12-19(32)15-35-11-8-24(33)34/h1-7,9-10,13,16,18-19,24,33-34H,8,11-12,14-15H2/t18-,19+/m1/s1. The van der Waals surface area contributed by atoms with Crippen LogP contribution in [0.5, 0.6) is 0 Å². The average molecular weight is 513 g/mol. The first-order chi connectivity index (χ1) is 17.0. The van der Waals surface area contributed by atoms with Crippen molar-refractivity contribution < 1.29 is 14.9 Å². The quantitative estimate of drug-likeness (QED) is 0.260. The van der Waals surface area contributed by atoms with Gasteiger partial charge in [-0.2, -0.15) is 0 Å². The summed E-state index contributed by atoms with van der Waals surface area (Å²) >= 11 is 13.0. The van der Waals surface area contributed by atoms with Gasteiger partial charge in [-0.1, -0.05) is 53.5 Å². The molecule has 2 aromatic carbocycles. The van der Waals surface area contributed by atoms with E-state index in [1.807, 2.05) is 29.0 Å². The molecule has 0 radical (unpaired) electrons. The lowest BCUT2D eigenvalue weighted by atomic mass is 9.97. The fourth-order valence-corrected chi connectivity index (χ4v) is 5.05. The van der Waals surface area contributed by atoms with E-state index in [-0.39, 0.29) is 19.1 Å². The molecule has 2 aromatic heterocycles. The van der Waals surface area contributed by atoms with E-state index < -0.39 is 6.29 Å². The van der Waals surface area contributed by atoms with E-state index in [2.05, 4.69) is 34.1 Å². The number of halogens is 2. The zero-order valence-electron chi connectivity index (χ0n) is 19.0. The summed E-state index contributed by atoms with van der Waals surface area (Å²) in [6.45, 7) is 1.48. The van der Waals surface area contributed by atoms with Crippen molar-refractivity contribution in [2.45, 2.75) is 31.1 Å². The maximum atomic E-state index is 9.16. The summed E-state index contributed by atoms with van der Waals surface area (Å²) < 4.78 is 7.79. The smallest absolute Gasteiger partial charge is 0.153 e. The molecule has 9 heteroatoms. The Morgan fingerprint density at radius 1 is 1.11 bits per heavy atom. The van der Waals surface area contributed by atoms with Gasteiger partial charge in [0.05, 0.1) is 46.8 Å². The molecular weight excluding hydrogens is 487 g/mol. The molecule has 182 valence electrons. The summed E-state index contributed by atoms with van der Waals surface area (Å²) in [5.41, 5.74) is 2.81. The Kier molecular flexibility index (Phi) is 7.22. The summed E-state index contributed by atoms with van der Waals surface area (Å²) in [6, 6.07) is 16.2. The summed E-state index contributed by atoms with van der Waals surface area (Å²) in [7, 11) is 0. The van der Waals surface area contributed by atoms with Crippen molar-refractivity contribution in [1.29, 1.82) is 0 Å². The lowest BCUT2D eigenvalue weighted by Gasteiger charge is -2.27. The molecule has 0 saturated carbocycles. The monoisotopic (exact) mass is 512 g/mol. The highest BCUT2D eigenvalue weighted by Crippen LogP contribution is 2.39. The number of fused-ring (bicyclic) bond motifs is 1. The minimum absolute atomic E-state index is 0.0505. The van der Waals surface area contributed by atoms with E-state index >= 15 is 0 Å². The molecule has 3 heterocycles. The first-order valence-electron chi connectivity index (χ1n) is 11.5. The van der Waals surface area contributed by atoms with E-state index in [4.69, 9.17) is 43.1 Å². The van der Waals surface area contributed by atoms with Crippen LogP contribution in [0.4, 0.5) is 5.82 Å². The van der Waals surface area contributed by atoms with Crippen LogP contribution >= 0.6 is 23.2 Å². The molecule has 1 aliphatic heterocycles. The van der Waals surface area contributed by atoms with E-state index in [0.29, 0.717) is 28.1 Å². The van der Waals surface area contributed by atoms with E-state index in [0.717, 1.165) is 29.9 Å². The van der Waals surface area contributed by atoms with Gasteiger partial charge < -0.3 is 24.4 Å². The van der Waals surface area contributed by atoms with Gasteiger partial charge in [-0.15, -0.1) is 0 Å². The number of anilines is 1. The molecule has 0 amide bonds. The Balaban J connectivity index is 1.54. The second-order valence-corrected chi connectivity index (χ2v) is 9.51. The lowest BCUT2D eigenvalue weighted by Crippen LogP contribution is -2.34. The Hall–Kier alpha value is -2.68. The topological polar surface area (TPSA) is 83.6 Å². The predicted molar refractivity (Wildman–Crippen MR) is 137 cm³/mol. The van der Waals surface area contributed by atoms with E-state index in [1.54, 1.807) is 18.6 Å². The number of hydrogen-bond acceptors (Lipinski definition) is 6. The van der Waals surface area contributed by atoms with Crippen LogP contribution in [0.1, 0.15) is 24.3 Å². The largest absolute Gasteiger partial charge is 0.379 e. The van der Waals surface area contributed by atoms with Crippen molar-refractivity contribution in [3.8, 4) is 5.69 Å². The number of aliphatic hydroxyl groups excluding tert-OH is 1. The molecule has 1 saturated heterocycles. The Morgan fingerprint density at radius 2 is 1.94 bits per heavy atom. The number of pyridine rings is 1. The normalized spacial score (nSPS) is 18.1. The molecule has 0 bridgehead atoms. The molecule has 35 heavy (non-hydrogen) atoms. The van der Waals surface area contributed by atoms with E-state index in [9.17, 15) is 0 Å². The number of aromatic nitrogens is 3. The van der Waals surface area contributed by atoms with Gasteiger partial charge in [-0.05, 0) is 24.1 Å². The number of aliphatic hydroxyl groups is 2. The van der Waals surface area contributed by atoms with Gasteiger partial charge in [0.2, 0.25) is 0 Å². The molecule has 4 aromatic rings. The maximum absolute atomic E-state index is 9.16. The number of rotatable bonds is 8. The molecule has 1 fully saturated rings. The minimum atomic E-state index is -1.38. The molecule has 1 aliphatic rings. The number of hydrogen-bond donors (Lipinski definition) is 2. The van der Waals surface area contributed by atoms with Crippen molar-refractivity contribution in [2.75, 3.05) is 24.7 Å². The molecule has 0 unspecified atom stereocenters. The zero-order chi connectivity index (χ0) is 24.4. The van der Waals surface area contributed by atoms with Crippen LogP contribution in [0.2, 0.25) is 10.0 Å². The van der Waals surface area contributed by atoms with Crippen LogP contribution in [0.3, 0.4) is 0 Å². The number of imidazole rings is 1. The number of ether oxygens (including phenoxy) is 1. The van der Waals surface area contributed by atoms with Gasteiger partial charge in [0.25, 0.3) is 0 Å². The third kappa shape index (κ3) is 5.15. The maximum Gasteiger partial charge on any atom is 0.153 e. The van der Waals surface area contributed by atoms with E-state index in [1.165, 1.54) is 5.56 Å². The van der Waals surface area contributed by atoms with Crippen LogP contribution in [-0.2, 0) is 4.74 Å². The van der Waals surface area contributed by atoms with Gasteiger partial charge >= 0.3 is 0 Å². The first-order valence-corrected chi connectivity index (χ1v) is 12.3. The van der Waals surface area contributed by atoms with Crippen molar-refractivity contribution >= 4 is 39.9 Å². The molecule has 5 rings (SSSR count). The molecule has 0 aliphatic carbocycles. The SMILES string of the molecule is OC(O)CCOC[C@@H]1C[C@@H](c2ccccc2)CN1c1cc(-n2ccnc2)c2ccc(Cl)c(Cl)c2n1. The van der Waals surface area contributed by atoms with Crippen LogP contribution in [0.25, 0.3) is 16.6 Å².